The highest BCUT2D eigenvalue weighted by molar-refractivity contribution is 5.69. The third kappa shape index (κ3) is 25.2. The van der Waals surface area contributed by atoms with E-state index in [1.807, 2.05) is 6.08 Å². The lowest BCUT2D eigenvalue weighted by atomic mass is 10.1. The first-order valence-electron chi connectivity index (χ1n) is 14.0. The summed E-state index contributed by atoms with van der Waals surface area (Å²) in [7, 11) is 0. The first kappa shape index (κ1) is 32.6. The first-order chi connectivity index (χ1) is 16.6. The van der Waals surface area contributed by atoms with Crippen molar-refractivity contribution in [2.24, 2.45) is 5.73 Å². The summed E-state index contributed by atoms with van der Waals surface area (Å²) >= 11 is 0. The van der Waals surface area contributed by atoms with Gasteiger partial charge in [0.15, 0.2) is 0 Å². The van der Waals surface area contributed by atoms with Crippen molar-refractivity contribution >= 4 is 11.9 Å². The Balaban J connectivity index is 3.65. The van der Waals surface area contributed by atoms with E-state index < -0.39 is 5.97 Å². The monoisotopic (exact) mass is 482 g/mol. The van der Waals surface area contributed by atoms with E-state index in [0.29, 0.717) is 19.4 Å². The molecule has 0 saturated carbocycles. The molecule has 0 aromatic heterocycles. The van der Waals surface area contributed by atoms with Gasteiger partial charge in [0.05, 0.1) is 0 Å². The molecule has 0 aromatic carbocycles. The van der Waals surface area contributed by atoms with Gasteiger partial charge >= 0.3 is 11.9 Å². The van der Waals surface area contributed by atoms with Crippen LogP contribution in [0.1, 0.15) is 122 Å². The Morgan fingerprint density at radius 2 is 1.29 bits per heavy atom. The fourth-order valence-corrected chi connectivity index (χ4v) is 4.02. The number of unbranched alkanes of at least 4 members (excludes halogenated alkanes) is 12. The molecule has 0 bridgehead atoms. The Hall–Kier alpha value is -1.40. The van der Waals surface area contributed by atoms with Crippen molar-refractivity contribution in [3.05, 3.63) is 12.2 Å². The smallest absolute Gasteiger partial charge is 0.306 e. The van der Waals surface area contributed by atoms with Gasteiger partial charge in [0.25, 0.3) is 0 Å². The number of aliphatic carboxylic acids is 1. The number of esters is 1. The van der Waals surface area contributed by atoms with E-state index in [4.69, 9.17) is 15.6 Å². The Kier molecular flexibility index (Phi) is 25.1. The summed E-state index contributed by atoms with van der Waals surface area (Å²) in [6.07, 6.45) is 22.9. The molecule has 0 amide bonds. The van der Waals surface area contributed by atoms with Crippen molar-refractivity contribution in [2.45, 2.75) is 122 Å². The maximum Gasteiger partial charge on any atom is 0.306 e. The molecule has 6 heteroatoms. The highest BCUT2D eigenvalue weighted by Gasteiger charge is 2.05. The second-order valence-electron chi connectivity index (χ2n) is 9.42. The molecule has 200 valence electrons. The SMILES string of the molecule is CCCCCC/C=C\COC(=O)CCCCCCCN(CCCN)CCCCCCCC(=O)O. The van der Waals surface area contributed by atoms with E-state index in [-0.39, 0.29) is 5.97 Å². The standard InChI is InChI=1S/C28H54N2O4/c1-2-3-4-5-6-13-18-26-34-28(33)21-15-10-8-12-17-24-30(25-19-22-29)23-16-11-7-9-14-20-27(31)32/h13,18H,2-12,14-17,19-26,29H2,1H3,(H,31,32)/b18-13-. The van der Waals surface area contributed by atoms with Crippen molar-refractivity contribution in [3.63, 3.8) is 0 Å². The molecule has 3 N–H and O–H groups in total. The molecule has 34 heavy (non-hydrogen) atoms. The lowest BCUT2D eigenvalue weighted by Crippen LogP contribution is -2.28. The second-order valence-corrected chi connectivity index (χ2v) is 9.42. The zero-order valence-electron chi connectivity index (χ0n) is 22.1. The lowest BCUT2D eigenvalue weighted by Gasteiger charge is -2.22. The topological polar surface area (TPSA) is 92.9 Å². The number of carboxylic acid groups (broad SMARTS) is 1. The maximum absolute atomic E-state index is 11.8. The van der Waals surface area contributed by atoms with Gasteiger partial charge in [-0.05, 0) is 71.1 Å². The van der Waals surface area contributed by atoms with Crippen molar-refractivity contribution in [1.29, 1.82) is 0 Å². The van der Waals surface area contributed by atoms with Crippen LogP contribution in [0.3, 0.4) is 0 Å². The molecular formula is C28H54N2O4. The molecule has 0 atom stereocenters. The molecular weight excluding hydrogens is 428 g/mol. The van der Waals surface area contributed by atoms with Crippen LogP contribution >= 0.6 is 0 Å². The van der Waals surface area contributed by atoms with E-state index in [1.54, 1.807) is 0 Å². The molecule has 0 aliphatic heterocycles. The number of carbonyl (C=O) groups is 2. The normalized spacial score (nSPS) is 11.5. The summed E-state index contributed by atoms with van der Waals surface area (Å²) in [6.45, 7) is 6.65. The van der Waals surface area contributed by atoms with Crippen molar-refractivity contribution in [1.82, 2.24) is 4.90 Å². The third-order valence-corrected chi connectivity index (χ3v) is 6.13. The van der Waals surface area contributed by atoms with Gasteiger partial charge < -0.3 is 20.5 Å². The number of allylic oxidation sites excluding steroid dienone is 1. The van der Waals surface area contributed by atoms with Crippen LogP contribution in [0.15, 0.2) is 12.2 Å². The second kappa shape index (κ2) is 26.2. The Bertz CT molecular complexity index is 497. The quantitative estimate of drug-likeness (QED) is 0.0833. The molecule has 0 spiro atoms. The van der Waals surface area contributed by atoms with Crippen LogP contribution in [-0.2, 0) is 14.3 Å². The van der Waals surface area contributed by atoms with Crippen molar-refractivity contribution < 1.29 is 19.4 Å². The molecule has 0 unspecified atom stereocenters. The fraction of sp³-hybridized carbons (Fsp3) is 0.857. The van der Waals surface area contributed by atoms with Gasteiger partial charge in [0.2, 0.25) is 0 Å². The number of carboxylic acids is 1. The van der Waals surface area contributed by atoms with Gasteiger partial charge in [-0.25, -0.2) is 0 Å². The van der Waals surface area contributed by atoms with Crippen LogP contribution in [-0.4, -0.2) is 54.7 Å². The van der Waals surface area contributed by atoms with Crippen LogP contribution in [0.4, 0.5) is 0 Å². The van der Waals surface area contributed by atoms with Crippen LogP contribution < -0.4 is 5.73 Å². The zero-order valence-corrected chi connectivity index (χ0v) is 22.1. The average molecular weight is 483 g/mol. The molecule has 0 aromatic rings. The fourth-order valence-electron chi connectivity index (χ4n) is 4.02. The van der Waals surface area contributed by atoms with Gasteiger partial charge in [-0.3, -0.25) is 9.59 Å². The van der Waals surface area contributed by atoms with Crippen LogP contribution in [0.25, 0.3) is 0 Å². The molecule has 0 fully saturated rings. The Labute approximate surface area is 209 Å². The number of carbonyl (C=O) groups excluding carboxylic acids is 1. The summed E-state index contributed by atoms with van der Waals surface area (Å²) in [6, 6.07) is 0. The molecule has 0 heterocycles. The lowest BCUT2D eigenvalue weighted by molar-refractivity contribution is -0.142. The van der Waals surface area contributed by atoms with E-state index in [1.165, 1.54) is 57.8 Å². The summed E-state index contributed by atoms with van der Waals surface area (Å²) in [5, 5.41) is 8.68. The third-order valence-electron chi connectivity index (χ3n) is 6.13. The number of nitrogens with zero attached hydrogens (tertiary/aromatic N) is 1. The van der Waals surface area contributed by atoms with Gasteiger partial charge in [-0.15, -0.1) is 0 Å². The molecule has 6 nitrogen and oxygen atoms in total. The highest BCUT2D eigenvalue weighted by Crippen LogP contribution is 2.10. The predicted octanol–water partition coefficient (Wildman–Crippen LogP) is 6.47. The van der Waals surface area contributed by atoms with Gasteiger partial charge in [-0.2, -0.15) is 0 Å². The Morgan fingerprint density at radius 3 is 1.91 bits per heavy atom. The minimum absolute atomic E-state index is 0.0773. The largest absolute Gasteiger partial charge is 0.481 e. The summed E-state index contributed by atoms with van der Waals surface area (Å²) in [5.41, 5.74) is 5.70. The van der Waals surface area contributed by atoms with Crippen molar-refractivity contribution in [3.8, 4) is 0 Å². The molecule has 0 saturated heterocycles. The van der Waals surface area contributed by atoms with E-state index in [0.717, 1.165) is 71.1 Å². The molecule has 0 aliphatic carbocycles. The molecule has 0 radical (unpaired) electrons. The highest BCUT2D eigenvalue weighted by atomic mass is 16.5. The van der Waals surface area contributed by atoms with Gasteiger partial charge in [0, 0.05) is 12.8 Å². The summed E-state index contributed by atoms with van der Waals surface area (Å²) in [4.78, 5) is 24.9. The maximum atomic E-state index is 11.8. The summed E-state index contributed by atoms with van der Waals surface area (Å²) in [5.74, 6) is -0.768. The Morgan fingerprint density at radius 1 is 0.735 bits per heavy atom. The molecule has 0 aliphatic rings. The molecule has 0 rings (SSSR count). The van der Waals surface area contributed by atoms with Crippen molar-refractivity contribution in [2.75, 3.05) is 32.8 Å². The number of nitrogens with two attached hydrogens (primary N) is 1. The van der Waals surface area contributed by atoms with E-state index in [2.05, 4.69) is 17.9 Å². The van der Waals surface area contributed by atoms with Crippen LogP contribution in [0.2, 0.25) is 0 Å². The number of hydrogen-bond donors (Lipinski definition) is 2. The minimum atomic E-state index is -0.691. The van der Waals surface area contributed by atoms with Crippen LogP contribution in [0.5, 0.6) is 0 Å². The van der Waals surface area contributed by atoms with E-state index >= 15 is 0 Å². The average Bonchev–Trinajstić information content (AvgIpc) is 2.82. The van der Waals surface area contributed by atoms with Crippen LogP contribution in [0, 0.1) is 0 Å². The number of ether oxygens (including phenoxy) is 1. The van der Waals surface area contributed by atoms with Gasteiger partial charge in [0.1, 0.15) is 6.61 Å². The first-order valence-corrected chi connectivity index (χ1v) is 14.0. The zero-order chi connectivity index (χ0) is 25.1. The predicted molar refractivity (Wildman–Crippen MR) is 142 cm³/mol. The number of rotatable bonds is 26. The number of hydrogen-bond acceptors (Lipinski definition) is 5. The minimum Gasteiger partial charge on any atom is -0.481 e. The summed E-state index contributed by atoms with van der Waals surface area (Å²) < 4.78 is 5.28. The van der Waals surface area contributed by atoms with E-state index in [9.17, 15) is 9.59 Å². The van der Waals surface area contributed by atoms with Gasteiger partial charge in [-0.1, -0.05) is 76.9 Å².